The molecule has 0 fully saturated rings. The van der Waals surface area contributed by atoms with E-state index in [0.717, 1.165) is 5.56 Å². The lowest BCUT2D eigenvalue weighted by atomic mass is 10.0. The van der Waals surface area contributed by atoms with E-state index >= 15 is 0 Å². The Kier molecular flexibility index (Phi) is 5.06. The van der Waals surface area contributed by atoms with Crippen molar-refractivity contribution in [3.63, 3.8) is 0 Å². The van der Waals surface area contributed by atoms with Crippen molar-refractivity contribution in [2.45, 2.75) is 17.4 Å². The maximum atomic E-state index is 12.6. The summed E-state index contributed by atoms with van der Waals surface area (Å²) in [6.45, 7) is -0.0908. The third-order valence-corrected chi connectivity index (χ3v) is 5.19. The minimum Gasteiger partial charge on any atom is -0.396 e. The van der Waals surface area contributed by atoms with E-state index in [1.165, 1.54) is 29.8 Å². The Labute approximate surface area is 124 Å². The fourth-order valence-corrected chi connectivity index (χ4v) is 3.53. The SMILES string of the molecule is CN(C(CCO)c1ccccc1)S(=O)(=O)c1cccnc1. The molecule has 0 radical (unpaired) electrons. The standard InChI is InChI=1S/C15H18N2O3S/c1-17(21(19,20)14-8-5-10-16-12-14)15(9-11-18)13-6-3-2-4-7-13/h2-8,10,12,15,18H,9,11H2,1H3. The number of hydrogen-bond acceptors (Lipinski definition) is 4. The Morgan fingerprint density at radius 2 is 1.90 bits per heavy atom. The van der Waals surface area contributed by atoms with Crippen molar-refractivity contribution in [3.8, 4) is 0 Å². The first-order valence-corrected chi connectivity index (χ1v) is 8.05. The summed E-state index contributed by atoms with van der Waals surface area (Å²) in [5.41, 5.74) is 0.849. The second kappa shape index (κ2) is 6.80. The molecule has 0 aliphatic carbocycles. The van der Waals surface area contributed by atoms with Crippen LogP contribution in [0.1, 0.15) is 18.0 Å². The van der Waals surface area contributed by atoms with Crippen molar-refractivity contribution >= 4 is 10.0 Å². The van der Waals surface area contributed by atoms with Gasteiger partial charge in [0.25, 0.3) is 0 Å². The minimum atomic E-state index is -3.65. The summed E-state index contributed by atoms with van der Waals surface area (Å²) in [7, 11) is -2.13. The average Bonchev–Trinajstić information content (AvgIpc) is 2.53. The molecule has 1 N–H and O–H groups in total. The molecule has 21 heavy (non-hydrogen) atoms. The van der Waals surface area contributed by atoms with Crippen molar-refractivity contribution in [1.82, 2.24) is 9.29 Å². The number of aliphatic hydroxyl groups is 1. The van der Waals surface area contributed by atoms with Crippen LogP contribution in [0, 0.1) is 0 Å². The Balaban J connectivity index is 2.37. The van der Waals surface area contributed by atoms with E-state index in [9.17, 15) is 13.5 Å². The summed E-state index contributed by atoms with van der Waals surface area (Å²) in [4.78, 5) is 4.00. The number of hydrogen-bond donors (Lipinski definition) is 1. The van der Waals surface area contributed by atoms with Crippen LogP contribution in [0.2, 0.25) is 0 Å². The second-order valence-electron chi connectivity index (χ2n) is 4.65. The summed E-state index contributed by atoms with van der Waals surface area (Å²) in [5.74, 6) is 0. The van der Waals surface area contributed by atoms with E-state index < -0.39 is 16.1 Å². The lowest BCUT2D eigenvalue weighted by Gasteiger charge is -2.27. The molecule has 1 heterocycles. The molecule has 0 aliphatic heterocycles. The van der Waals surface area contributed by atoms with Crippen LogP contribution >= 0.6 is 0 Å². The highest BCUT2D eigenvalue weighted by Gasteiger charge is 2.28. The molecule has 1 atom stereocenters. The van der Waals surface area contributed by atoms with Gasteiger partial charge in [0.1, 0.15) is 4.90 Å². The molecule has 1 aromatic heterocycles. The maximum Gasteiger partial charge on any atom is 0.244 e. The van der Waals surface area contributed by atoms with E-state index in [1.54, 1.807) is 6.07 Å². The lowest BCUT2D eigenvalue weighted by Crippen LogP contribution is -2.32. The third kappa shape index (κ3) is 3.47. The Hall–Kier alpha value is -1.76. The topological polar surface area (TPSA) is 70.5 Å². The van der Waals surface area contributed by atoms with Gasteiger partial charge in [-0.05, 0) is 24.1 Å². The molecule has 0 bridgehead atoms. The molecule has 0 spiro atoms. The van der Waals surface area contributed by atoms with Gasteiger partial charge in [0.05, 0.1) is 6.04 Å². The summed E-state index contributed by atoms with van der Waals surface area (Å²) in [5, 5.41) is 9.25. The highest BCUT2D eigenvalue weighted by molar-refractivity contribution is 7.89. The van der Waals surface area contributed by atoms with Crippen molar-refractivity contribution in [2.24, 2.45) is 0 Å². The number of pyridine rings is 1. The third-order valence-electron chi connectivity index (χ3n) is 3.34. The Morgan fingerprint density at radius 3 is 2.48 bits per heavy atom. The fourth-order valence-electron chi connectivity index (χ4n) is 2.19. The number of aromatic nitrogens is 1. The molecule has 2 rings (SSSR count). The number of sulfonamides is 1. The van der Waals surface area contributed by atoms with Crippen molar-refractivity contribution in [2.75, 3.05) is 13.7 Å². The zero-order valence-corrected chi connectivity index (χ0v) is 12.6. The van der Waals surface area contributed by atoms with Crippen LogP contribution in [0.5, 0.6) is 0 Å². The van der Waals surface area contributed by atoms with E-state index in [4.69, 9.17) is 0 Å². The lowest BCUT2D eigenvalue weighted by molar-refractivity contribution is 0.240. The molecule has 5 nitrogen and oxygen atoms in total. The van der Waals surface area contributed by atoms with E-state index in [2.05, 4.69) is 4.98 Å². The molecule has 0 saturated heterocycles. The van der Waals surface area contributed by atoms with Crippen LogP contribution in [0.25, 0.3) is 0 Å². The van der Waals surface area contributed by atoms with Crippen molar-refractivity contribution in [3.05, 3.63) is 60.4 Å². The van der Waals surface area contributed by atoms with Gasteiger partial charge in [-0.1, -0.05) is 30.3 Å². The first-order valence-electron chi connectivity index (χ1n) is 6.61. The van der Waals surface area contributed by atoms with Crippen LogP contribution in [0.4, 0.5) is 0 Å². The Bertz CT molecular complexity index is 660. The van der Waals surface area contributed by atoms with Crippen molar-refractivity contribution in [1.29, 1.82) is 0 Å². The van der Waals surface area contributed by atoms with Crippen LogP contribution in [0.3, 0.4) is 0 Å². The summed E-state index contributed by atoms with van der Waals surface area (Å²) < 4.78 is 26.5. The van der Waals surface area contributed by atoms with E-state index in [-0.39, 0.29) is 11.5 Å². The summed E-state index contributed by atoms with van der Waals surface area (Å²) in [6, 6.07) is 12.0. The number of nitrogens with zero attached hydrogens (tertiary/aromatic N) is 2. The van der Waals surface area contributed by atoms with Gasteiger partial charge in [-0.3, -0.25) is 4.98 Å². The van der Waals surface area contributed by atoms with Gasteiger partial charge in [0.15, 0.2) is 0 Å². The molecule has 112 valence electrons. The molecular weight excluding hydrogens is 288 g/mol. The predicted octanol–water partition coefficient (Wildman–Crippen LogP) is 1.83. The largest absolute Gasteiger partial charge is 0.396 e. The molecule has 0 saturated carbocycles. The van der Waals surface area contributed by atoms with Crippen LogP contribution in [0.15, 0.2) is 59.8 Å². The van der Waals surface area contributed by atoms with Gasteiger partial charge in [0.2, 0.25) is 10.0 Å². The first-order chi connectivity index (χ1) is 10.1. The molecule has 0 aliphatic rings. The Morgan fingerprint density at radius 1 is 1.19 bits per heavy atom. The molecule has 0 amide bonds. The van der Waals surface area contributed by atoms with Gasteiger partial charge in [0, 0.05) is 26.0 Å². The average molecular weight is 306 g/mol. The van der Waals surface area contributed by atoms with Gasteiger partial charge in [-0.25, -0.2) is 8.42 Å². The summed E-state index contributed by atoms with van der Waals surface area (Å²) in [6.07, 6.45) is 3.19. The zero-order valence-electron chi connectivity index (χ0n) is 11.8. The molecule has 2 aromatic rings. The van der Waals surface area contributed by atoms with Gasteiger partial charge < -0.3 is 5.11 Å². The first kappa shape index (κ1) is 15.6. The minimum absolute atomic E-state index is 0.0908. The van der Waals surface area contributed by atoms with Gasteiger partial charge in [-0.2, -0.15) is 4.31 Å². The van der Waals surface area contributed by atoms with Gasteiger partial charge >= 0.3 is 0 Å². The summed E-state index contributed by atoms with van der Waals surface area (Å²) >= 11 is 0. The zero-order chi connectivity index (χ0) is 15.3. The molecule has 6 heteroatoms. The predicted molar refractivity (Wildman–Crippen MR) is 80.1 cm³/mol. The maximum absolute atomic E-state index is 12.6. The van der Waals surface area contributed by atoms with Crippen LogP contribution < -0.4 is 0 Å². The van der Waals surface area contributed by atoms with Crippen molar-refractivity contribution < 1.29 is 13.5 Å². The van der Waals surface area contributed by atoms with Crippen LogP contribution in [-0.2, 0) is 10.0 Å². The number of rotatable bonds is 6. The van der Waals surface area contributed by atoms with Crippen LogP contribution in [-0.4, -0.2) is 36.5 Å². The highest BCUT2D eigenvalue weighted by Crippen LogP contribution is 2.28. The molecule has 1 aromatic carbocycles. The number of benzene rings is 1. The fraction of sp³-hybridized carbons (Fsp3) is 0.267. The quantitative estimate of drug-likeness (QED) is 0.884. The normalized spacial score (nSPS) is 13.3. The molecule has 1 unspecified atom stereocenters. The second-order valence-corrected chi connectivity index (χ2v) is 6.65. The number of aliphatic hydroxyl groups excluding tert-OH is 1. The van der Waals surface area contributed by atoms with E-state index in [1.807, 2.05) is 30.3 Å². The molecular formula is C15H18N2O3S. The monoisotopic (exact) mass is 306 g/mol. The van der Waals surface area contributed by atoms with Gasteiger partial charge in [-0.15, -0.1) is 0 Å². The van der Waals surface area contributed by atoms with E-state index in [0.29, 0.717) is 6.42 Å². The highest BCUT2D eigenvalue weighted by atomic mass is 32.2. The smallest absolute Gasteiger partial charge is 0.244 e.